The summed E-state index contributed by atoms with van der Waals surface area (Å²) in [4.78, 5) is 2.68. The van der Waals surface area contributed by atoms with Gasteiger partial charge >= 0.3 is 0 Å². The maximum absolute atomic E-state index is 2.68. The lowest BCUT2D eigenvalue weighted by Gasteiger charge is -2.36. The van der Waals surface area contributed by atoms with Gasteiger partial charge in [-0.25, -0.2) is 0 Å². The summed E-state index contributed by atoms with van der Waals surface area (Å²) >= 11 is 0. The SMILES string of the molecule is CCCC(C)(CC)CN1CCCCC1. The summed E-state index contributed by atoms with van der Waals surface area (Å²) in [6.45, 7) is 11.1. The van der Waals surface area contributed by atoms with E-state index in [2.05, 4.69) is 25.7 Å². The lowest BCUT2D eigenvalue weighted by atomic mass is 9.82. The van der Waals surface area contributed by atoms with Gasteiger partial charge in [-0.1, -0.05) is 33.6 Å². The Balaban J connectivity index is 2.37. The average molecular weight is 197 g/mol. The first-order chi connectivity index (χ1) is 6.70. The second-order valence-corrected chi connectivity index (χ2v) is 5.25. The van der Waals surface area contributed by atoms with E-state index >= 15 is 0 Å². The van der Waals surface area contributed by atoms with E-state index in [1.807, 2.05) is 0 Å². The number of likely N-dealkylation sites (tertiary alicyclic amines) is 1. The minimum absolute atomic E-state index is 0.575. The van der Waals surface area contributed by atoms with E-state index in [-0.39, 0.29) is 0 Å². The lowest BCUT2D eigenvalue weighted by Crippen LogP contribution is -2.38. The molecular formula is C13H27N. The van der Waals surface area contributed by atoms with Crippen LogP contribution in [0.15, 0.2) is 0 Å². The molecule has 1 unspecified atom stereocenters. The van der Waals surface area contributed by atoms with Gasteiger partial charge in [0.05, 0.1) is 0 Å². The van der Waals surface area contributed by atoms with Crippen molar-refractivity contribution in [3.05, 3.63) is 0 Å². The predicted molar refractivity (Wildman–Crippen MR) is 63.6 cm³/mol. The molecule has 0 aliphatic carbocycles. The van der Waals surface area contributed by atoms with Crippen LogP contribution in [0.5, 0.6) is 0 Å². The van der Waals surface area contributed by atoms with Crippen LogP contribution in [0, 0.1) is 5.41 Å². The fourth-order valence-electron chi connectivity index (χ4n) is 2.63. The fourth-order valence-corrected chi connectivity index (χ4v) is 2.63. The van der Waals surface area contributed by atoms with Gasteiger partial charge in [-0.3, -0.25) is 0 Å². The van der Waals surface area contributed by atoms with Crippen LogP contribution in [0.3, 0.4) is 0 Å². The third-order valence-electron chi connectivity index (χ3n) is 3.76. The first-order valence-corrected chi connectivity index (χ1v) is 6.42. The van der Waals surface area contributed by atoms with Crippen LogP contribution in [-0.2, 0) is 0 Å². The van der Waals surface area contributed by atoms with Crippen LogP contribution in [0.4, 0.5) is 0 Å². The Kier molecular flexibility index (Phi) is 4.94. The molecule has 0 aromatic carbocycles. The molecule has 1 rings (SSSR count). The molecule has 1 aliphatic rings. The normalized spacial score (nSPS) is 23.4. The van der Waals surface area contributed by atoms with E-state index in [1.165, 1.54) is 58.2 Å². The molecule has 84 valence electrons. The van der Waals surface area contributed by atoms with Crippen LogP contribution in [0.2, 0.25) is 0 Å². The summed E-state index contributed by atoms with van der Waals surface area (Å²) in [5.74, 6) is 0. The maximum Gasteiger partial charge on any atom is 0.00352 e. The number of piperidine rings is 1. The predicted octanol–water partition coefficient (Wildman–Crippen LogP) is 3.69. The van der Waals surface area contributed by atoms with Gasteiger partial charge in [-0.05, 0) is 44.2 Å². The van der Waals surface area contributed by atoms with Gasteiger partial charge < -0.3 is 4.90 Å². The molecule has 0 aromatic rings. The summed E-state index contributed by atoms with van der Waals surface area (Å²) < 4.78 is 0. The van der Waals surface area contributed by atoms with Gasteiger partial charge in [-0.2, -0.15) is 0 Å². The van der Waals surface area contributed by atoms with Gasteiger partial charge in [0.1, 0.15) is 0 Å². The van der Waals surface area contributed by atoms with E-state index < -0.39 is 0 Å². The summed E-state index contributed by atoms with van der Waals surface area (Å²) in [7, 11) is 0. The molecule has 14 heavy (non-hydrogen) atoms. The van der Waals surface area contributed by atoms with E-state index in [4.69, 9.17) is 0 Å². The van der Waals surface area contributed by atoms with E-state index in [1.54, 1.807) is 0 Å². The molecule has 0 radical (unpaired) electrons. The lowest BCUT2D eigenvalue weighted by molar-refractivity contribution is 0.128. The van der Waals surface area contributed by atoms with Crippen LogP contribution >= 0.6 is 0 Å². The first-order valence-electron chi connectivity index (χ1n) is 6.42. The highest BCUT2D eigenvalue weighted by molar-refractivity contribution is 4.78. The third-order valence-corrected chi connectivity index (χ3v) is 3.76. The quantitative estimate of drug-likeness (QED) is 0.650. The molecule has 0 spiro atoms. The van der Waals surface area contributed by atoms with Crippen molar-refractivity contribution in [2.45, 2.75) is 59.3 Å². The van der Waals surface area contributed by atoms with Gasteiger partial charge in [0.2, 0.25) is 0 Å². The minimum atomic E-state index is 0.575. The molecule has 1 fully saturated rings. The van der Waals surface area contributed by atoms with Crippen LogP contribution in [0.1, 0.15) is 59.3 Å². The highest BCUT2D eigenvalue weighted by Gasteiger charge is 2.24. The monoisotopic (exact) mass is 197 g/mol. The van der Waals surface area contributed by atoms with Gasteiger partial charge in [-0.15, -0.1) is 0 Å². The van der Waals surface area contributed by atoms with Crippen molar-refractivity contribution in [1.29, 1.82) is 0 Å². The van der Waals surface area contributed by atoms with Crippen LogP contribution in [-0.4, -0.2) is 24.5 Å². The summed E-state index contributed by atoms with van der Waals surface area (Å²) in [5.41, 5.74) is 0.575. The Labute approximate surface area is 89.9 Å². The van der Waals surface area contributed by atoms with Crippen molar-refractivity contribution in [3.8, 4) is 0 Å². The number of hydrogen-bond acceptors (Lipinski definition) is 1. The molecule has 0 saturated carbocycles. The Morgan fingerprint density at radius 2 is 1.71 bits per heavy atom. The number of nitrogens with zero attached hydrogens (tertiary/aromatic N) is 1. The fraction of sp³-hybridized carbons (Fsp3) is 1.00. The molecule has 1 nitrogen and oxygen atoms in total. The van der Waals surface area contributed by atoms with Crippen LogP contribution in [0.25, 0.3) is 0 Å². The van der Waals surface area contributed by atoms with E-state index in [9.17, 15) is 0 Å². The van der Waals surface area contributed by atoms with E-state index in [0.717, 1.165) is 0 Å². The second-order valence-electron chi connectivity index (χ2n) is 5.25. The van der Waals surface area contributed by atoms with Crippen molar-refractivity contribution in [2.24, 2.45) is 5.41 Å². The Hall–Kier alpha value is -0.0400. The molecule has 1 saturated heterocycles. The number of rotatable bonds is 5. The highest BCUT2D eigenvalue weighted by atomic mass is 15.1. The van der Waals surface area contributed by atoms with Gasteiger partial charge in [0, 0.05) is 6.54 Å². The molecular weight excluding hydrogens is 170 g/mol. The molecule has 0 aromatic heterocycles. The largest absolute Gasteiger partial charge is 0.303 e. The van der Waals surface area contributed by atoms with Gasteiger partial charge in [0.25, 0.3) is 0 Å². The highest BCUT2D eigenvalue weighted by Crippen LogP contribution is 2.29. The van der Waals surface area contributed by atoms with Crippen molar-refractivity contribution < 1.29 is 0 Å². The third kappa shape index (κ3) is 3.61. The van der Waals surface area contributed by atoms with E-state index in [0.29, 0.717) is 5.41 Å². The van der Waals surface area contributed by atoms with Crippen molar-refractivity contribution in [3.63, 3.8) is 0 Å². The number of hydrogen-bond donors (Lipinski definition) is 0. The van der Waals surface area contributed by atoms with Crippen molar-refractivity contribution in [2.75, 3.05) is 19.6 Å². The standard InChI is InChI=1S/C13H27N/c1-4-9-13(3,5-2)12-14-10-7-6-8-11-14/h4-12H2,1-3H3. The van der Waals surface area contributed by atoms with Crippen molar-refractivity contribution >= 4 is 0 Å². The molecule has 0 amide bonds. The summed E-state index contributed by atoms with van der Waals surface area (Å²) in [6.07, 6.45) is 8.35. The minimum Gasteiger partial charge on any atom is -0.303 e. The summed E-state index contributed by atoms with van der Waals surface area (Å²) in [5, 5.41) is 0. The first kappa shape index (κ1) is 12.0. The Bertz CT molecular complexity index is 149. The zero-order valence-corrected chi connectivity index (χ0v) is 10.3. The Morgan fingerprint density at radius 1 is 1.07 bits per heavy atom. The van der Waals surface area contributed by atoms with Gasteiger partial charge in [0.15, 0.2) is 0 Å². The smallest absolute Gasteiger partial charge is 0.00352 e. The van der Waals surface area contributed by atoms with Crippen LogP contribution < -0.4 is 0 Å². The molecule has 1 heterocycles. The zero-order valence-electron chi connectivity index (χ0n) is 10.3. The molecule has 1 aliphatic heterocycles. The average Bonchev–Trinajstić information content (AvgIpc) is 2.20. The summed E-state index contributed by atoms with van der Waals surface area (Å²) in [6, 6.07) is 0. The molecule has 0 N–H and O–H groups in total. The molecule has 1 atom stereocenters. The molecule has 0 bridgehead atoms. The topological polar surface area (TPSA) is 3.24 Å². The zero-order chi connectivity index (χ0) is 10.4. The maximum atomic E-state index is 2.68. The van der Waals surface area contributed by atoms with Crippen molar-refractivity contribution in [1.82, 2.24) is 4.90 Å². The Morgan fingerprint density at radius 3 is 2.21 bits per heavy atom. The molecule has 1 heteroatoms. The second kappa shape index (κ2) is 5.75.